The molecule has 5 heteroatoms. The van der Waals surface area contributed by atoms with Crippen molar-refractivity contribution in [1.29, 1.82) is 0 Å². The molecule has 20 heavy (non-hydrogen) atoms. The number of pyridine rings is 1. The molecule has 0 fully saturated rings. The van der Waals surface area contributed by atoms with Crippen LogP contribution in [0.4, 0.5) is 4.39 Å². The molecule has 98 valence electrons. The summed E-state index contributed by atoms with van der Waals surface area (Å²) in [6.07, 6.45) is 4.68. The largest absolute Gasteiger partial charge is 0.259 e. The zero-order valence-corrected chi connectivity index (χ0v) is 11.0. The van der Waals surface area contributed by atoms with E-state index in [1.807, 2.05) is 0 Å². The first-order valence-corrected chi connectivity index (χ1v) is 6.31. The van der Waals surface area contributed by atoms with E-state index in [1.165, 1.54) is 12.3 Å². The summed E-state index contributed by atoms with van der Waals surface area (Å²) in [6.45, 7) is 0. The Morgan fingerprint density at radius 1 is 1.00 bits per heavy atom. The Balaban J connectivity index is 2.09. The Hall–Kier alpha value is -2.33. The minimum absolute atomic E-state index is 0.311. The van der Waals surface area contributed by atoms with Crippen LogP contribution in [0.1, 0.15) is 0 Å². The lowest BCUT2D eigenvalue weighted by Crippen LogP contribution is -1.90. The molecule has 0 atom stereocenters. The molecule has 0 amide bonds. The van der Waals surface area contributed by atoms with E-state index >= 15 is 0 Å². The van der Waals surface area contributed by atoms with E-state index < -0.39 is 0 Å². The molecule has 3 aromatic rings. The van der Waals surface area contributed by atoms with Crippen LogP contribution in [-0.4, -0.2) is 15.0 Å². The summed E-state index contributed by atoms with van der Waals surface area (Å²) in [5.74, 6) is -0.311. The van der Waals surface area contributed by atoms with Crippen molar-refractivity contribution in [3.8, 4) is 22.5 Å². The van der Waals surface area contributed by atoms with Crippen molar-refractivity contribution in [2.45, 2.75) is 0 Å². The number of hydrogen-bond acceptors (Lipinski definition) is 3. The van der Waals surface area contributed by atoms with Crippen molar-refractivity contribution in [2.75, 3.05) is 0 Å². The second-order valence-corrected chi connectivity index (χ2v) is 4.52. The van der Waals surface area contributed by atoms with Crippen LogP contribution >= 0.6 is 11.6 Å². The third-order valence-corrected chi connectivity index (χ3v) is 2.99. The molecule has 2 aromatic heterocycles. The second kappa shape index (κ2) is 5.35. The summed E-state index contributed by atoms with van der Waals surface area (Å²) in [5, 5.41) is 0.312. The molecule has 0 radical (unpaired) electrons. The van der Waals surface area contributed by atoms with E-state index in [0.717, 1.165) is 5.56 Å². The fourth-order valence-electron chi connectivity index (χ4n) is 1.89. The van der Waals surface area contributed by atoms with Gasteiger partial charge in [0.15, 0.2) is 0 Å². The molecule has 0 aliphatic carbocycles. The van der Waals surface area contributed by atoms with Crippen molar-refractivity contribution < 1.29 is 4.39 Å². The van der Waals surface area contributed by atoms with Crippen LogP contribution in [0, 0.1) is 5.82 Å². The highest BCUT2D eigenvalue weighted by Crippen LogP contribution is 2.25. The van der Waals surface area contributed by atoms with Crippen LogP contribution in [-0.2, 0) is 0 Å². The number of benzene rings is 1. The first-order chi connectivity index (χ1) is 9.74. The molecular weight excluding hydrogens is 277 g/mol. The number of hydrogen-bond donors (Lipinski definition) is 0. The Morgan fingerprint density at radius 3 is 2.65 bits per heavy atom. The Kier molecular flexibility index (Phi) is 3.39. The van der Waals surface area contributed by atoms with Gasteiger partial charge in [-0.3, -0.25) is 9.97 Å². The predicted molar refractivity (Wildman–Crippen MR) is 75.7 cm³/mol. The van der Waals surface area contributed by atoms with E-state index in [-0.39, 0.29) is 5.82 Å². The van der Waals surface area contributed by atoms with Gasteiger partial charge in [0.1, 0.15) is 11.0 Å². The van der Waals surface area contributed by atoms with Crippen LogP contribution in [0.2, 0.25) is 5.15 Å². The number of nitrogens with zero attached hydrogens (tertiary/aromatic N) is 3. The van der Waals surface area contributed by atoms with Gasteiger partial charge in [-0.1, -0.05) is 23.7 Å². The van der Waals surface area contributed by atoms with E-state index in [9.17, 15) is 4.39 Å². The van der Waals surface area contributed by atoms with Crippen LogP contribution in [0.25, 0.3) is 22.5 Å². The first kappa shape index (κ1) is 12.7. The number of rotatable bonds is 2. The maximum atomic E-state index is 13.8. The van der Waals surface area contributed by atoms with Crippen molar-refractivity contribution >= 4 is 11.6 Å². The SMILES string of the molecule is Fc1ccccc1-c1cc(-c2cncc(Cl)n2)ccn1. The standard InChI is InChI=1S/C15H9ClFN3/c16-15-9-18-8-14(20-15)10-5-6-19-13(7-10)11-3-1-2-4-12(11)17/h1-9H. The molecule has 0 spiro atoms. The highest BCUT2D eigenvalue weighted by molar-refractivity contribution is 6.29. The molecule has 0 saturated heterocycles. The lowest BCUT2D eigenvalue weighted by Gasteiger charge is -2.05. The average Bonchev–Trinajstić information content (AvgIpc) is 2.48. The molecule has 0 saturated carbocycles. The Bertz CT molecular complexity index is 761. The van der Waals surface area contributed by atoms with Crippen molar-refractivity contribution in [3.05, 3.63) is 66.0 Å². The van der Waals surface area contributed by atoms with Gasteiger partial charge in [-0.25, -0.2) is 9.37 Å². The maximum absolute atomic E-state index is 13.8. The maximum Gasteiger partial charge on any atom is 0.148 e. The lowest BCUT2D eigenvalue weighted by atomic mass is 10.1. The Labute approximate surface area is 120 Å². The van der Waals surface area contributed by atoms with Gasteiger partial charge in [0.2, 0.25) is 0 Å². The first-order valence-electron chi connectivity index (χ1n) is 5.93. The highest BCUT2D eigenvalue weighted by atomic mass is 35.5. The summed E-state index contributed by atoms with van der Waals surface area (Å²) < 4.78 is 13.8. The summed E-state index contributed by atoms with van der Waals surface area (Å²) in [6, 6.07) is 10.1. The van der Waals surface area contributed by atoms with Gasteiger partial charge in [-0.2, -0.15) is 0 Å². The Morgan fingerprint density at radius 2 is 1.85 bits per heavy atom. The third-order valence-electron chi connectivity index (χ3n) is 2.81. The summed E-state index contributed by atoms with van der Waals surface area (Å²) in [7, 11) is 0. The van der Waals surface area contributed by atoms with E-state index in [4.69, 9.17) is 11.6 Å². The molecule has 0 N–H and O–H groups in total. The minimum atomic E-state index is -0.311. The highest BCUT2D eigenvalue weighted by Gasteiger charge is 2.08. The summed E-state index contributed by atoms with van der Waals surface area (Å²) >= 11 is 5.83. The average molecular weight is 286 g/mol. The molecule has 3 nitrogen and oxygen atoms in total. The van der Waals surface area contributed by atoms with Crippen LogP contribution < -0.4 is 0 Å². The molecule has 3 rings (SSSR count). The van der Waals surface area contributed by atoms with Crippen LogP contribution in [0.5, 0.6) is 0 Å². The van der Waals surface area contributed by atoms with Gasteiger partial charge in [0.05, 0.1) is 23.8 Å². The quantitative estimate of drug-likeness (QED) is 0.714. The lowest BCUT2D eigenvalue weighted by molar-refractivity contribution is 0.631. The van der Waals surface area contributed by atoms with Gasteiger partial charge in [-0.15, -0.1) is 0 Å². The summed E-state index contributed by atoms with van der Waals surface area (Å²) in [5.41, 5.74) is 2.40. The predicted octanol–water partition coefficient (Wildman–Crippen LogP) is 4.00. The zero-order chi connectivity index (χ0) is 13.9. The molecule has 0 aliphatic heterocycles. The normalized spacial score (nSPS) is 10.5. The third kappa shape index (κ3) is 2.51. The van der Waals surface area contributed by atoms with Crippen LogP contribution in [0.15, 0.2) is 55.0 Å². The fraction of sp³-hybridized carbons (Fsp3) is 0. The zero-order valence-electron chi connectivity index (χ0n) is 10.3. The molecule has 1 aromatic carbocycles. The number of aromatic nitrogens is 3. The monoisotopic (exact) mass is 285 g/mol. The topological polar surface area (TPSA) is 38.7 Å². The van der Waals surface area contributed by atoms with Crippen LogP contribution in [0.3, 0.4) is 0 Å². The van der Waals surface area contributed by atoms with E-state index in [2.05, 4.69) is 15.0 Å². The summed E-state index contributed by atoms with van der Waals surface area (Å²) in [4.78, 5) is 12.4. The van der Waals surface area contributed by atoms with Gasteiger partial charge < -0.3 is 0 Å². The molecule has 0 aliphatic rings. The van der Waals surface area contributed by atoms with E-state index in [1.54, 1.807) is 42.7 Å². The fourth-order valence-corrected chi connectivity index (χ4v) is 2.03. The number of halogens is 2. The van der Waals surface area contributed by atoms with Gasteiger partial charge in [-0.05, 0) is 24.3 Å². The van der Waals surface area contributed by atoms with Gasteiger partial charge in [0, 0.05) is 17.3 Å². The van der Waals surface area contributed by atoms with E-state index in [0.29, 0.717) is 22.1 Å². The molecule has 2 heterocycles. The van der Waals surface area contributed by atoms with Gasteiger partial charge >= 0.3 is 0 Å². The van der Waals surface area contributed by atoms with Crippen molar-refractivity contribution in [1.82, 2.24) is 15.0 Å². The van der Waals surface area contributed by atoms with Crippen molar-refractivity contribution in [3.63, 3.8) is 0 Å². The minimum Gasteiger partial charge on any atom is -0.259 e. The molecular formula is C15H9ClFN3. The second-order valence-electron chi connectivity index (χ2n) is 4.14. The molecule has 0 unspecified atom stereocenters. The molecule has 0 bridgehead atoms. The van der Waals surface area contributed by atoms with Gasteiger partial charge in [0.25, 0.3) is 0 Å². The van der Waals surface area contributed by atoms with Crippen molar-refractivity contribution in [2.24, 2.45) is 0 Å². The smallest absolute Gasteiger partial charge is 0.148 e.